The van der Waals surface area contributed by atoms with Crippen molar-refractivity contribution in [1.82, 2.24) is 10.2 Å². The van der Waals surface area contributed by atoms with E-state index in [1.807, 2.05) is 11.0 Å². The molecule has 0 bridgehead atoms. The number of urea groups is 1. The Labute approximate surface area is 223 Å². The summed E-state index contributed by atoms with van der Waals surface area (Å²) in [4.78, 5) is 43.5. The summed E-state index contributed by atoms with van der Waals surface area (Å²) in [5, 5.41) is 5.91. The summed E-state index contributed by atoms with van der Waals surface area (Å²) in [6.07, 6.45) is 0.334. The van der Waals surface area contributed by atoms with Crippen LogP contribution >= 0.6 is 11.6 Å². The zero-order valence-corrected chi connectivity index (χ0v) is 22.8. The molecule has 2 atom stereocenters. The Kier molecular flexibility index (Phi) is 7.42. The van der Waals surface area contributed by atoms with E-state index in [0.717, 1.165) is 6.42 Å². The molecule has 2 aromatic rings. The van der Waals surface area contributed by atoms with Gasteiger partial charge in [0.2, 0.25) is 5.91 Å². The number of ether oxygens (including phenoxy) is 1. The average Bonchev–Trinajstić information content (AvgIpc) is 2.87. The van der Waals surface area contributed by atoms with E-state index in [4.69, 9.17) is 16.3 Å². The number of amides is 4. The molecule has 1 saturated heterocycles. The molecular weight excluding hydrogens is 492 g/mol. The molecule has 4 rings (SSSR count). The lowest BCUT2D eigenvalue weighted by molar-refractivity contribution is -0.137. The Morgan fingerprint density at radius 3 is 2.41 bits per heavy atom. The lowest BCUT2D eigenvalue weighted by Crippen LogP contribution is -2.57. The molecule has 1 fully saturated rings. The number of anilines is 2. The molecule has 2 aromatic carbocycles. The third kappa shape index (κ3) is 6.36. The molecule has 2 heterocycles. The first kappa shape index (κ1) is 26.8. The Hall–Kier alpha value is -3.26. The number of hydrogen-bond acceptors (Lipinski definition) is 4. The van der Waals surface area contributed by atoms with Crippen LogP contribution in [-0.4, -0.2) is 54.5 Å². The van der Waals surface area contributed by atoms with Crippen LogP contribution in [0.5, 0.6) is 5.75 Å². The van der Waals surface area contributed by atoms with Gasteiger partial charge in [0.05, 0.1) is 5.69 Å². The van der Waals surface area contributed by atoms with Crippen molar-refractivity contribution < 1.29 is 19.1 Å². The quantitative estimate of drug-likeness (QED) is 0.591. The number of carbonyl (C=O) groups is 3. The molecule has 0 spiro atoms. The van der Waals surface area contributed by atoms with Gasteiger partial charge in [-0.15, -0.1) is 0 Å². The molecule has 0 radical (unpaired) electrons. The van der Waals surface area contributed by atoms with Gasteiger partial charge in [-0.3, -0.25) is 14.5 Å². The predicted octanol–water partition coefficient (Wildman–Crippen LogP) is 4.93. The van der Waals surface area contributed by atoms with E-state index in [9.17, 15) is 14.4 Å². The summed E-state index contributed by atoms with van der Waals surface area (Å²) in [7, 11) is 0. The molecule has 4 amide bonds. The van der Waals surface area contributed by atoms with Crippen molar-refractivity contribution in [1.29, 1.82) is 0 Å². The maximum Gasteiger partial charge on any atom is 0.320 e. The molecule has 2 unspecified atom stereocenters. The number of nitrogens with zero attached hydrogens (tertiary/aromatic N) is 2. The first-order valence-corrected chi connectivity index (χ1v) is 12.9. The van der Waals surface area contributed by atoms with Gasteiger partial charge in [0.1, 0.15) is 24.4 Å². The minimum Gasteiger partial charge on any atom is -0.486 e. The van der Waals surface area contributed by atoms with Crippen molar-refractivity contribution in [3.05, 3.63) is 53.6 Å². The first-order valence-electron chi connectivity index (χ1n) is 12.5. The summed E-state index contributed by atoms with van der Waals surface area (Å²) in [5.41, 5.74) is 0.935. The number of nitrogens with one attached hydrogen (secondary N) is 2. The van der Waals surface area contributed by atoms with Crippen LogP contribution in [0.15, 0.2) is 48.5 Å². The molecule has 9 heteroatoms. The SMILES string of the molecule is CC1Oc2ccccc2N(CC(=O)N2CC(C)(C)CC(C)(C)C2)C(=O)C1NC(=O)Nc1cccc(Cl)c1. The number of hydrogen-bond donors (Lipinski definition) is 2. The number of carbonyl (C=O) groups excluding carboxylic acids is 3. The van der Waals surface area contributed by atoms with Crippen molar-refractivity contribution >= 4 is 40.8 Å². The third-order valence-corrected chi connectivity index (χ3v) is 6.92. The number of likely N-dealkylation sites (tertiary alicyclic amines) is 1. The predicted molar refractivity (Wildman–Crippen MR) is 145 cm³/mol. The average molecular weight is 527 g/mol. The Morgan fingerprint density at radius 2 is 1.73 bits per heavy atom. The normalized spacial score (nSPS) is 22.4. The fourth-order valence-electron chi connectivity index (χ4n) is 5.66. The highest BCUT2D eigenvalue weighted by Gasteiger charge is 2.42. The lowest BCUT2D eigenvalue weighted by Gasteiger charge is -2.47. The van der Waals surface area contributed by atoms with Gasteiger partial charge in [0, 0.05) is 23.8 Å². The molecule has 198 valence electrons. The second-order valence-electron chi connectivity index (χ2n) is 11.6. The Balaban J connectivity index is 1.57. The van der Waals surface area contributed by atoms with Gasteiger partial charge in [-0.05, 0) is 54.5 Å². The minimum absolute atomic E-state index is 0.0295. The van der Waals surface area contributed by atoms with Gasteiger partial charge in [0.15, 0.2) is 0 Å². The molecule has 8 nitrogen and oxygen atoms in total. The smallest absolute Gasteiger partial charge is 0.320 e. The standard InChI is InChI=1S/C28H35ClN4O4/c1-18-24(31-26(36)30-20-10-8-9-19(29)13-20)25(35)33(21-11-6-7-12-22(21)37-18)14-23(34)32-16-27(2,3)15-28(4,5)17-32/h6-13,18,24H,14-17H2,1-5H3,(H2,30,31,36). The third-order valence-electron chi connectivity index (χ3n) is 6.68. The molecule has 0 saturated carbocycles. The zero-order valence-electron chi connectivity index (χ0n) is 22.0. The summed E-state index contributed by atoms with van der Waals surface area (Å²) < 4.78 is 6.08. The largest absolute Gasteiger partial charge is 0.486 e. The van der Waals surface area contributed by atoms with E-state index in [0.29, 0.717) is 35.2 Å². The van der Waals surface area contributed by atoms with Crippen molar-refractivity contribution in [2.75, 3.05) is 29.9 Å². The second kappa shape index (κ2) is 10.2. The van der Waals surface area contributed by atoms with Crippen LogP contribution in [0.25, 0.3) is 0 Å². The number of piperidine rings is 1. The number of fused-ring (bicyclic) bond motifs is 1. The Morgan fingerprint density at radius 1 is 1.05 bits per heavy atom. The van der Waals surface area contributed by atoms with Crippen LogP contribution < -0.4 is 20.3 Å². The van der Waals surface area contributed by atoms with E-state index in [1.54, 1.807) is 49.4 Å². The number of rotatable bonds is 4. The van der Waals surface area contributed by atoms with E-state index in [-0.39, 0.29) is 23.3 Å². The van der Waals surface area contributed by atoms with E-state index in [1.165, 1.54) is 4.90 Å². The van der Waals surface area contributed by atoms with Crippen LogP contribution in [0.2, 0.25) is 5.02 Å². The molecular formula is C28H35ClN4O4. The van der Waals surface area contributed by atoms with Crippen molar-refractivity contribution in [3.8, 4) is 5.75 Å². The molecule has 2 N–H and O–H groups in total. The van der Waals surface area contributed by atoms with Crippen molar-refractivity contribution in [3.63, 3.8) is 0 Å². The number of para-hydroxylation sites is 2. The molecule has 37 heavy (non-hydrogen) atoms. The van der Waals surface area contributed by atoms with Crippen LogP contribution in [-0.2, 0) is 9.59 Å². The monoisotopic (exact) mass is 526 g/mol. The van der Waals surface area contributed by atoms with E-state index in [2.05, 4.69) is 38.3 Å². The fourth-order valence-corrected chi connectivity index (χ4v) is 5.85. The number of halogens is 1. The van der Waals surface area contributed by atoms with Gasteiger partial charge >= 0.3 is 6.03 Å². The summed E-state index contributed by atoms with van der Waals surface area (Å²) in [6.45, 7) is 11.5. The maximum atomic E-state index is 13.8. The molecule has 0 aromatic heterocycles. The molecule has 2 aliphatic heterocycles. The van der Waals surface area contributed by atoms with Gasteiger partial charge in [-0.2, -0.15) is 0 Å². The maximum absolute atomic E-state index is 13.8. The van der Waals surface area contributed by atoms with Crippen LogP contribution in [0, 0.1) is 10.8 Å². The summed E-state index contributed by atoms with van der Waals surface area (Å²) in [6, 6.07) is 12.3. The van der Waals surface area contributed by atoms with Crippen molar-refractivity contribution in [2.24, 2.45) is 10.8 Å². The molecule has 0 aliphatic carbocycles. The van der Waals surface area contributed by atoms with Crippen LogP contribution in [0.4, 0.5) is 16.2 Å². The summed E-state index contributed by atoms with van der Waals surface area (Å²) >= 11 is 6.02. The minimum atomic E-state index is -1.02. The van der Waals surface area contributed by atoms with Crippen LogP contribution in [0.3, 0.4) is 0 Å². The van der Waals surface area contributed by atoms with Gasteiger partial charge in [0.25, 0.3) is 5.91 Å². The van der Waals surface area contributed by atoms with Gasteiger partial charge < -0.3 is 20.3 Å². The topological polar surface area (TPSA) is 91.0 Å². The van der Waals surface area contributed by atoms with E-state index < -0.39 is 24.1 Å². The number of benzene rings is 2. The molecule has 2 aliphatic rings. The van der Waals surface area contributed by atoms with E-state index >= 15 is 0 Å². The Bertz CT molecular complexity index is 1180. The second-order valence-corrected chi connectivity index (χ2v) is 12.0. The highest BCUT2D eigenvalue weighted by atomic mass is 35.5. The highest BCUT2D eigenvalue weighted by molar-refractivity contribution is 6.30. The highest BCUT2D eigenvalue weighted by Crippen LogP contribution is 2.40. The van der Waals surface area contributed by atoms with Crippen molar-refractivity contribution in [2.45, 2.75) is 53.2 Å². The van der Waals surface area contributed by atoms with Gasteiger partial charge in [-0.25, -0.2) is 4.79 Å². The first-order chi connectivity index (χ1) is 17.3. The lowest BCUT2D eigenvalue weighted by atomic mass is 9.71. The van der Waals surface area contributed by atoms with Crippen LogP contribution in [0.1, 0.15) is 41.0 Å². The fraction of sp³-hybridized carbons (Fsp3) is 0.464. The van der Waals surface area contributed by atoms with Gasteiger partial charge in [-0.1, -0.05) is 57.5 Å². The summed E-state index contributed by atoms with van der Waals surface area (Å²) in [5.74, 6) is -0.0711. The zero-order chi connectivity index (χ0) is 27.0.